The standard InChI is InChI=1S/C13H21N3O2/c1-15-11-9-16(7-3-10(11)12(17)14-15)8-6-13(18)4-2-5-13/h18H,2-9H2,1H3,(H,14,17). The van der Waals surface area contributed by atoms with Gasteiger partial charge in [0.25, 0.3) is 5.56 Å². The molecule has 0 atom stereocenters. The molecule has 100 valence electrons. The molecule has 5 nitrogen and oxygen atoms in total. The molecule has 0 bridgehead atoms. The van der Waals surface area contributed by atoms with Gasteiger partial charge in [0.2, 0.25) is 0 Å². The van der Waals surface area contributed by atoms with E-state index in [4.69, 9.17) is 0 Å². The number of hydrogen-bond acceptors (Lipinski definition) is 3. The average Bonchev–Trinajstić information content (AvgIpc) is 2.60. The minimum absolute atomic E-state index is 0.0600. The number of rotatable bonds is 3. The van der Waals surface area contributed by atoms with Crippen LogP contribution in [0, 0.1) is 0 Å². The van der Waals surface area contributed by atoms with Gasteiger partial charge in [0.05, 0.1) is 11.3 Å². The Bertz CT molecular complexity index is 499. The number of aliphatic hydroxyl groups is 1. The van der Waals surface area contributed by atoms with Gasteiger partial charge in [-0.3, -0.25) is 19.5 Å². The molecule has 18 heavy (non-hydrogen) atoms. The summed E-state index contributed by atoms with van der Waals surface area (Å²) in [5.74, 6) is 0. The van der Waals surface area contributed by atoms with Crippen LogP contribution in [0.15, 0.2) is 4.79 Å². The van der Waals surface area contributed by atoms with Crippen molar-refractivity contribution in [2.75, 3.05) is 13.1 Å². The van der Waals surface area contributed by atoms with Gasteiger partial charge in [-0.15, -0.1) is 0 Å². The lowest BCUT2D eigenvalue weighted by molar-refractivity contribution is -0.0471. The maximum atomic E-state index is 11.6. The third-order valence-corrected chi connectivity index (χ3v) is 4.53. The van der Waals surface area contributed by atoms with Crippen LogP contribution in [0.5, 0.6) is 0 Å². The first-order valence-electron chi connectivity index (χ1n) is 6.79. The van der Waals surface area contributed by atoms with Gasteiger partial charge in [-0.25, -0.2) is 0 Å². The number of H-pyrrole nitrogens is 1. The largest absolute Gasteiger partial charge is 0.390 e. The van der Waals surface area contributed by atoms with E-state index in [1.807, 2.05) is 11.7 Å². The molecule has 0 amide bonds. The molecule has 1 aromatic heterocycles. The molecule has 1 aliphatic carbocycles. The minimum Gasteiger partial charge on any atom is -0.390 e. The third kappa shape index (κ3) is 2.01. The minimum atomic E-state index is -0.399. The summed E-state index contributed by atoms with van der Waals surface area (Å²) in [6.45, 7) is 2.67. The number of nitrogens with one attached hydrogen (secondary N) is 1. The highest BCUT2D eigenvalue weighted by molar-refractivity contribution is 5.20. The monoisotopic (exact) mass is 251 g/mol. The highest BCUT2D eigenvalue weighted by Gasteiger charge is 2.34. The fourth-order valence-electron chi connectivity index (χ4n) is 3.03. The van der Waals surface area contributed by atoms with E-state index in [1.165, 1.54) is 0 Å². The second-order valence-electron chi connectivity index (χ2n) is 5.78. The van der Waals surface area contributed by atoms with E-state index >= 15 is 0 Å². The Morgan fingerprint density at radius 3 is 2.89 bits per heavy atom. The summed E-state index contributed by atoms with van der Waals surface area (Å²) < 4.78 is 1.84. The zero-order valence-electron chi connectivity index (χ0n) is 10.9. The van der Waals surface area contributed by atoms with Gasteiger partial charge in [0.1, 0.15) is 0 Å². The number of nitrogens with zero attached hydrogens (tertiary/aromatic N) is 2. The fraction of sp³-hybridized carbons (Fsp3) is 0.769. The number of fused-ring (bicyclic) bond motifs is 1. The Balaban J connectivity index is 1.64. The van der Waals surface area contributed by atoms with Gasteiger partial charge < -0.3 is 5.11 Å². The SMILES string of the molecule is Cn1[nH]c(=O)c2c1CN(CCC1(O)CCC1)CC2. The van der Waals surface area contributed by atoms with E-state index in [9.17, 15) is 9.90 Å². The maximum Gasteiger partial charge on any atom is 0.267 e. The quantitative estimate of drug-likeness (QED) is 0.816. The van der Waals surface area contributed by atoms with Crippen LogP contribution in [0.4, 0.5) is 0 Å². The smallest absolute Gasteiger partial charge is 0.267 e. The van der Waals surface area contributed by atoms with Gasteiger partial charge in [0.15, 0.2) is 0 Å². The van der Waals surface area contributed by atoms with Crippen LogP contribution in [0.1, 0.15) is 36.9 Å². The van der Waals surface area contributed by atoms with Gasteiger partial charge >= 0.3 is 0 Å². The van der Waals surface area contributed by atoms with Crippen molar-refractivity contribution in [2.24, 2.45) is 7.05 Å². The van der Waals surface area contributed by atoms with Crippen molar-refractivity contribution >= 4 is 0 Å². The molecular formula is C13H21N3O2. The molecule has 2 heterocycles. The fourth-order valence-corrected chi connectivity index (χ4v) is 3.03. The van der Waals surface area contributed by atoms with E-state index in [-0.39, 0.29) is 5.56 Å². The molecule has 2 aliphatic rings. The summed E-state index contributed by atoms with van der Waals surface area (Å²) in [7, 11) is 1.89. The van der Waals surface area contributed by atoms with Crippen molar-refractivity contribution in [1.29, 1.82) is 0 Å². The van der Waals surface area contributed by atoms with Crippen LogP contribution >= 0.6 is 0 Å². The highest BCUT2D eigenvalue weighted by Crippen LogP contribution is 2.34. The average molecular weight is 251 g/mol. The molecule has 0 saturated heterocycles. The van der Waals surface area contributed by atoms with Crippen molar-refractivity contribution in [3.8, 4) is 0 Å². The molecule has 1 aromatic rings. The Labute approximate surface area is 106 Å². The lowest BCUT2D eigenvalue weighted by Crippen LogP contribution is -2.42. The van der Waals surface area contributed by atoms with Crippen LogP contribution in [-0.4, -0.2) is 38.5 Å². The van der Waals surface area contributed by atoms with Crippen molar-refractivity contribution in [2.45, 2.75) is 44.2 Å². The second kappa shape index (κ2) is 4.24. The van der Waals surface area contributed by atoms with E-state index in [0.29, 0.717) is 0 Å². The van der Waals surface area contributed by atoms with E-state index in [0.717, 1.165) is 63.0 Å². The van der Waals surface area contributed by atoms with E-state index in [2.05, 4.69) is 10.00 Å². The predicted octanol–water partition coefficient (Wildman–Crippen LogP) is 0.377. The molecule has 0 spiro atoms. The van der Waals surface area contributed by atoms with Crippen molar-refractivity contribution in [3.63, 3.8) is 0 Å². The van der Waals surface area contributed by atoms with Gasteiger partial charge in [-0.05, 0) is 32.1 Å². The normalized spacial score (nSPS) is 22.6. The zero-order chi connectivity index (χ0) is 12.8. The summed E-state index contributed by atoms with van der Waals surface area (Å²) in [6.07, 6.45) is 4.75. The summed E-state index contributed by atoms with van der Waals surface area (Å²) >= 11 is 0. The Morgan fingerprint density at radius 1 is 1.44 bits per heavy atom. The Kier molecular flexibility index (Phi) is 2.83. The molecular weight excluding hydrogens is 230 g/mol. The van der Waals surface area contributed by atoms with Crippen LogP contribution < -0.4 is 5.56 Å². The first-order chi connectivity index (χ1) is 8.57. The molecule has 0 unspecified atom stereocenters. The number of aromatic nitrogens is 2. The first kappa shape index (κ1) is 12.0. The Morgan fingerprint density at radius 2 is 2.22 bits per heavy atom. The second-order valence-corrected chi connectivity index (χ2v) is 5.78. The highest BCUT2D eigenvalue weighted by atomic mass is 16.3. The van der Waals surface area contributed by atoms with Crippen molar-refractivity contribution in [1.82, 2.24) is 14.7 Å². The number of aryl methyl sites for hydroxylation is 1. The summed E-state index contributed by atoms with van der Waals surface area (Å²) in [6, 6.07) is 0. The van der Waals surface area contributed by atoms with Gasteiger partial charge in [0, 0.05) is 32.2 Å². The number of hydrogen-bond donors (Lipinski definition) is 2. The van der Waals surface area contributed by atoms with Crippen LogP contribution in [0.2, 0.25) is 0 Å². The topological polar surface area (TPSA) is 61.3 Å². The van der Waals surface area contributed by atoms with Crippen molar-refractivity contribution in [3.05, 3.63) is 21.6 Å². The lowest BCUT2D eigenvalue weighted by atomic mass is 9.78. The molecule has 2 N–H and O–H groups in total. The van der Waals surface area contributed by atoms with Gasteiger partial charge in [-0.2, -0.15) is 0 Å². The summed E-state index contributed by atoms with van der Waals surface area (Å²) in [4.78, 5) is 14.0. The van der Waals surface area contributed by atoms with Crippen LogP contribution in [0.25, 0.3) is 0 Å². The predicted molar refractivity (Wildman–Crippen MR) is 68.4 cm³/mol. The Hall–Kier alpha value is -1.07. The van der Waals surface area contributed by atoms with Gasteiger partial charge in [-0.1, -0.05) is 0 Å². The summed E-state index contributed by atoms with van der Waals surface area (Å²) in [5, 5.41) is 12.9. The van der Waals surface area contributed by atoms with Crippen LogP contribution in [0.3, 0.4) is 0 Å². The molecule has 1 aliphatic heterocycles. The molecule has 0 aromatic carbocycles. The van der Waals surface area contributed by atoms with Crippen molar-refractivity contribution < 1.29 is 5.11 Å². The molecule has 0 radical (unpaired) electrons. The molecule has 1 saturated carbocycles. The third-order valence-electron chi connectivity index (χ3n) is 4.53. The molecule has 3 rings (SSSR count). The maximum absolute atomic E-state index is 11.6. The first-order valence-corrected chi connectivity index (χ1v) is 6.79. The lowest BCUT2D eigenvalue weighted by Gasteiger charge is -2.38. The molecule has 5 heteroatoms. The van der Waals surface area contributed by atoms with E-state index < -0.39 is 5.60 Å². The van der Waals surface area contributed by atoms with E-state index in [1.54, 1.807) is 0 Å². The zero-order valence-corrected chi connectivity index (χ0v) is 10.9. The van der Waals surface area contributed by atoms with Crippen LogP contribution in [-0.2, 0) is 20.0 Å². The summed E-state index contributed by atoms with van der Waals surface area (Å²) in [5.41, 5.74) is 1.71. The molecule has 1 fully saturated rings. The number of aromatic amines is 1.